The van der Waals surface area contributed by atoms with Crippen LogP contribution in [0.2, 0.25) is 5.02 Å². The fourth-order valence-electron chi connectivity index (χ4n) is 4.79. The van der Waals surface area contributed by atoms with Crippen molar-refractivity contribution in [2.24, 2.45) is 25.4 Å². The fourth-order valence-corrected chi connectivity index (χ4v) is 5.62. The monoisotopic (exact) mass is 882 g/mol. The van der Waals surface area contributed by atoms with Gasteiger partial charge in [-0.05, 0) is 41.8 Å². The maximum Gasteiger partial charge on any atom is 0.298 e. The second-order valence-electron chi connectivity index (χ2n) is 11.4. The molecule has 24 heteroatoms. The molecule has 0 bridgehead atoms. The summed E-state index contributed by atoms with van der Waals surface area (Å²) in [5, 5.41) is 89.1. The SMILES string of the molecule is O=[N+]([O-])c1cc(N=Nc2c(O)ccc3ccccc23)c(O)c(S(=O)(=O)O)c1.O=[N+]([O-])c1ccc(N=Nc2ccc(O)c(C=Nc3cc([N+](=O)[O-])ccc3O)c2)c(Cl)c1.[Cr]. The number of benzene rings is 6. The van der Waals surface area contributed by atoms with Gasteiger partial charge in [-0.1, -0.05) is 41.9 Å². The number of hydrogen-bond acceptors (Lipinski definition) is 17. The van der Waals surface area contributed by atoms with Crippen molar-refractivity contribution in [3.63, 3.8) is 0 Å². The molecule has 300 valence electrons. The van der Waals surface area contributed by atoms with Gasteiger partial charge in [-0.2, -0.15) is 13.5 Å². The Morgan fingerprint density at radius 2 is 1.20 bits per heavy atom. The number of non-ortho nitro benzene ring substituents is 3. The number of halogens is 1. The van der Waals surface area contributed by atoms with E-state index in [9.17, 15) is 59.2 Å². The first-order valence-corrected chi connectivity index (χ1v) is 17.6. The number of fused-ring (bicyclic) bond motifs is 1. The third kappa shape index (κ3) is 10.9. The maximum atomic E-state index is 11.3. The zero-order chi connectivity index (χ0) is 42.3. The molecule has 0 saturated carbocycles. The number of aliphatic imine (C=N–C) groups is 1. The van der Waals surface area contributed by atoms with E-state index in [4.69, 9.17) is 16.2 Å². The molecule has 0 aliphatic heterocycles. The predicted molar refractivity (Wildman–Crippen MR) is 207 cm³/mol. The number of aromatic hydroxyl groups is 4. The van der Waals surface area contributed by atoms with E-state index in [-0.39, 0.29) is 73.6 Å². The molecule has 0 aromatic heterocycles. The van der Waals surface area contributed by atoms with E-state index in [1.807, 2.05) is 0 Å². The van der Waals surface area contributed by atoms with Crippen LogP contribution in [0, 0.1) is 30.3 Å². The molecular formula is C35H23ClCrN8O13S. The van der Waals surface area contributed by atoms with Gasteiger partial charge in [0.05, 0.1) is 25.5 Å². The summed E-state index contributed by atoms with van der Waals surface area (Å²) in [7, 11) is -4.94. The summed E-state index contributed by atoms with van der Waals surface area (Å²) in [5.74, 6) is -1.67. The average molecular weight is 883 g/mol. The zero-order valence-electron chi connectivity index (χ0n) is 29.2. The Balaban J connectivity index is 0.000000259. The van der Waals surface area contributed by atoms with Crippen LogP contribution in [-0.2, 0) is 27.5 Å². The molecule has 0 saturated heterocycles. The van der Waals surface area contributed by atoms with Crippen LogP contribution >= 0.6 is 11.6 Å². The molecule has 0 aliphatic rings. The quantitative estimate of drug-likeness (QED) is 0.0281. The third-order valence-corrected chi connectivity index (χ3v) is 8.77. The number of nitro benzene ring substituents is 3. The number of hydrogen-bond donors (Lipinski definition) is 5. The summed E-state index contributed by atoms with van der Waals surface area (Å²) in [5.41, 5.74) is -1.05. The van der Waals surface area contributed by atoms with Crippen molar-refractivity contribution in [1.29, 1.82) is 0 Å². The Labute approximate surface area is 345 Å². The molecular weight excluding hydrogens is 860 g/mol. The molecule has 0 unspecified atom stereocenters. The van der Waals surface area contributed by atoms with Gasteiger partial charge in [0.15, 0.2) is 5.75 Å². The van der Waals surface area contributed by atoms with Crippen molar-refractivity contribution in [3.8, 4) is 23.0 Å². The molecule has 0 atom stereocenters. The molecule has 0 amide bonds. The van der Waals surface area contributed by atoms with Crippen molar-refractivity contribution in [2.75, 3.05) is 0 Å². The van der Waals surface area contributed by atoms with Crippen LogP contribution < -0.4 is 0 Å². The van der Waals surface area contributed by atoms with Gasteiger partial charge in [0.25, 0.3) is 27.2 Å². The Morgan fingerprint density at radius 1 is 0.610 bits per heavy atom. The Kier molecular flexibility index (Phi) is 14.0. The van der Waals surface area contributed by atoms with E-state index in [2.05, 4.69) is 25.4 Å². The van der Waals surface area contributed by atoms with Crippen LogP contribution in [-0.4, -0.2) is 54.4 Å². The molecule has 21 nitrogen and oxygen atoms in total. The molecule has 0 fully saturated rings. The summed E-state index contributed by atoms with van der Waals surface area (Å²) in [6, 6.07) is 22.5. The topological polar surface area (TPSA) is 327 Å². The summed E-state index contributed by atoms with van der Waals surface area (Å²) in [6.45, 7) is 0. The first-order valence-electron chi connectivity index (χ1n) is 15.7. The van der Waals surface area contributed by atoms with Crippen LogP contribution in [0.3, 0.4) is 0 Å². The van der Waals surface area contributed by atoms with E-state index >= 15 is 0 Å². The summed E-state index contributed by atoms with van der Waals surface area (Å²) < 4.78 is 31.8. The predicted octanol–water partition coefficient (Wildman–Crippen LogP) is 9.55. The summed E-state index contributed by atoms with van der Waals surface area (Å²) in [4.78, 5) is 33.4. The Bertz CT molecular complexity index is 2840. The van der Waals surface area contributed by atoms with E-state index in [1.54, 1.807) is 30.3 Å². The fraction of sp³-hybridized carbons (Fsp3) is 0. The molecule has 6 rings (SSSR count). The van der Waals surface area contributed by atoms with Gasteiger partial charge in [-0.15, -0.1) is 15.3 Å². The van der Waals surface area contributed by atoms with Gasteiger partial charge in [-0.25, -0.2) is 0 Å². The number of nitrogens with zero attached hydrogens (tertiary/aromatic N) is 8. The Morgan fingerprint density at radius 3 is 1.86 bits per heavy atom. The molecule has 0 heterocycles. The van der Waals surface area contributed by atoms with Crippen LogP contribution in [0.15, 0.2) is 133 Å². The van der Waals surface area contributed by atoms with Gasteiger partial charge in [0, 0.05) is 70.9 Å². The summed E-state index contributed by atoms with van der Waals surface area (Å²) >= 11 is 5.97. The standard InChI is InChI=1S/C19H12ClN5O6.C16H11N3O7S.Cr/c20-15-8-13(24(28)29)2-4-16(15)23-22-12-1-5-18(26)11(7-12)10-21-17-9-14(25(30)31)3-6-19(17)27;20-13-6-5-9-3-1-2-4-11(9)15(13)18-17-12-7-10(19(22)23)8-14(16(12)21)27(24,25)26;/h1-10,26-27H;1-8,20-21H,(H,24,25,26);. The van der Waals surface area contributed by atoms with Crippen LogP contribution in [0.25, 0.3) is 10.8 Å². The molecule has 59 heavy (non-hydrogen) atoms. The molecule has 0 spiro atoms. The van der Waals surface area contributed by atoms with Gasteiger partial charge < -0.3 is 20.4 Å². The summed E-state index contributed by atoms with van der Waals surface area (Å²) in [6.07, 6.45) is 1.20. The second-order valence-corrected chi connectivity index (χ2v) is 13.2. The smallest absolute Gasteiger partial charge is 0.298 e. The normalized spacial score (nSPS) is 11.4. The molecule has 6 aromatic carbocycles. The second kappa shape index (κ2) is 18.7. The number of azo groups is 2. The van der Waals surface area contributed by atoms with Crippen molar-refractivity contribution in [3.05, 3.63) is 144 Å². The van der Waals surface area contributed by atoms with E-state index in [0.717, 1.165) is 35.7 Å². The molecule has 6 aromatic rings. The number of nitro groups is 3. The van der Waals surface area contributed by atoms with Gasteiger partial charge in [0.1, 0.15) is 44.9 Å². The third-order valence-electron chi connectivity index (χ3n) is 7.60. The van der Waals surface area contributed by atoms with Gasteiger partial charge >= 0.3 is 0 Å². The molecule has 0 aliphatic carbocycles. The minimum absolute atomic E-state index is 0. The first-order chi connectivity index (χ1) is 27.4. The number of phenols is 4. The van der Waals surface area contributed by atoms with E-state index < -0.39 is 46.9 Å². The molecule has 0 radical (unpaired) electrons. The largest absolute Gasteiger partial charge is 0.507 e. The van der Waals surface area contributed by atoms with Crippen LogP contribution in [0.4, 0.5) is 45.5 Å². The first kappa shape index (κ1) is 44.3. The van der Waals surface area contributed by atoms with Crippen molar-refractivity contribution in [1.82, 2.24) is 0 Å². The number of rotatable bonds is 10. The Hall–Kier alpha value is -7.42. The zero-order valence-corrected chi connectivity index (χ0v) is 32.0. The number of phenolic OH excluding ortho intramolecular Hbond substituents is 4. The van der Waals surface area contributed by atoms with Crippen LogP contribution in [0.5, 0.6) is 23.0 Å². The minimum atomic E-state index is -4.94. The van der Waals surface area contributed by atoms with E-state index in [1.165, 1.54) is 42.6 Å². The van der Waals surface area contributed by atoms with Gasteiger partial charge in [0.2, 0.25) is 0 Å². The van der Waals surface area contributed by atoms with Crippen molar-refractivity contribution >= 4 is 84.2 Å². The molecule has 5 N–H and O–H groups in total. The average Bonchev–Trinajstić information content (AvgIpc) is 3.17. The van der Waals surface area contributed by atoms with Crippen molar-refractivity contribution in [2.45, 2.75) is 4.90 Å². The maximum absolute atomic E-state index is 11.3. The minimum Gasteiger partial charge on any atom is -0.507 e. The van der Waals surface area contributed by atoms with Crippen molar-refractivity contribution < 1.29 is 65.5 Å². The van der Waals surface area contributed by atoms with Gasteiger partial charge in [-0.3, -0.25) is 39.9 Å². The van der Waals surface area contributed by atoms with Crippen LogP contribution in [0.1, 0.15) is 5.56 Å². The van der Waals surface area contributed by atoms with E-state index in [0.29, 0.717) is 17.1 Å².